The number of nitrogens with zero attached hydrogens (tertiary/aromatic N) is 4. The quantitative estimate of drug-likeness (QED) is 0.795. The van der Waals surface area contributed by atoms with Crippen LogP contribution < -0.4 is 4.90 Å². The molecule has 0 aliphatic heterocycles. The van der Waals surface area contributed by atoms with Crippen LogP contribution in [0.15, 0.2) is 24.5 Å². The minimum atomic E-state index is 0.588. The van der Waals surface area contributed by atoms with Gasteiger partial charge in [-0.2, -0.15) is 0 Å². The van der Waals surface area contributed by atoms with E-state index in [1.165, 1.54) is 19.3 Å². The predicted octanol–water partition coefficient (Wildman–Crippen LogP) is 2.62. The Morgan fingerprint density at radius 3 is 2.78 bits per heavy atom. The second kappa shape index (κ2) is 5.06. The number of alkyl halides is 1. The van der Waals surface area contributed by atoms with E-state index in [1.54, 1.807) is 12.4 Å². The van der Waals surface area contributed by atoms with E-state index >= 15 is 0 Å². The van der Waals surface area contributed by atoms with E-state index in [2.05, 4.69) is 19.9 Å². The van der Waals surface area contributed by atoms with Crippen LogP contribution in [0.4, 0.5) is 5.82 Å². The van der Waals surface area contributed by atoms with Crippen molar-refractivity contribution in [3.05, 3.63) is 24.5 Å². The molecule has 2 aromatic heterocycles. The third-order valence-electron chi connectivity index (χ3n) is 3.45. The Kier molecular flexibility index (Phi) is 3.28. The van der Waals surface area contributed by atoms with Gasteiger partial charge in [-0.25, -0.2) is 9.97 Å². The topological polar surface area (TPSA) is 41.9 Å². The summed E-state index contributed by atoms with van der Waals surface area (Å²) in [5.74, 6) is 1.59. The molecule has 0 saturated heterocycles. The zero-order valence-electron chi connectivity index (χ0n) is 10.1. The van der Waals surface area contributed by atoms with Crippen molar-refractivity contribution in [2.45, 2.75) is 25.3 Å². The molecule has 1 saturated carbocycles. The monoisotopic (exact) mass is 262 g/mol. The minimum Gasteiger partial charge on any atom is -0.352 e. The summed E-state index contributed by atoms with van der Waals surface area (Å²) in [4.78, 5) is 15.4. The third-order valence-corrected chi connectivity index (χ3v) is 3.62. The van der Waals surface area contributed by atoms with Gasteiger partial charge in [-0.3, -0.25) is 4.98 Å². The lowest BCUT2D eigenvalue weighted by Crippen LogP contribution is -2.41. The number of rotatable bonds is 4. The van der Waals surface area contributed by atoms with Gasteiger partial charge >= 0.3 is 0 Å². The number of aromatic nitrogens is 3. The molecular formula is C13H15ClN4. The standard InChI is InChI=1S/C13H15ClN4/c14-6-9-18(10-2-1-3-10)12-5-4-11-13(17-12)16-8-7-15-11/h4-5,7-8,10H,1-3,6,9H2. The Bertz CT molecular complexity index is 541. The molecule has 1 fully saturated rings. The van der Waals surface area contributed by atoms with Crippen molar-refractivity contribution in [3.63, 3.8) is 0 Å². The smallest absolute Gasteiger partial charge is 0.180 e. The number of hydrogen-bond acceptors (Lipinski definition) is 4. The maximum Gasteiger partial charge on any atom is 0.180 e. The molecule has 2 aromatic rings. The molecule has 0 amide bonds. The van der Waals surface area contributed by atoms with E-state index in [0.29, 0.717) is 17.6 Å². The molecule has 4 nitrogen and oxygen atoms in total. The Morgan fingerprint density at radius 2 is 2.06 bits per heavy atom. The fourth-order valence-electron chi connectivity index (χ4n) is 2.28. The van der Waals surface area contributed by atoms with Crippen LogP contribution in [0.1, 0.15) is 19.3 Å². The first-order valence-electron chi connectivity index (χ1n) is 6.29. The van der Waals surface area contributed by atoms with Crippen LogP contribution in [-0.4, -0.2) is 33.4 Å². The van der Waals surface area contributed by atoms with Gasteiger partial charge in [0.05, 0.1) is 0 Å². The number of anilines is 1. The molecule has 2 heterocycles. The highest BCUT2D eigenvalue weighted by Crippen LogP contribution is 2.28. The van der Waals surface area contributed by atoms with Gasteiger partial charge in [0.15, 0.2) is 5.65 Å². The zero-order chi connectivity index (χ0) is 12.4. The summed E-state index contributed by atoms with van der Waals surface area (Å²) in [5.41, 5.74) is 1.54. The van der Waals surface area contributed by atoms with Crippen molar-refractivity contribution < 1.29 is 0 Å². The molecule has 3 rings (SSSR count). The van der Waals surface area contributed by atoms with Crippen LogP contribution in [0, 0.1) is 0 Å². The highest BCUT2D eigenvalue weighted by molar-refractivity contribution is 6.18. The van der Waals surface area contributed by atoms with Crippen LogP contribution in [0.25, 0.3) is 11.2 Å². The molecular weight excluding hydrogens is 248 g/mol. The minimum absolute atomic E-state index is 0.588. The van der Waals surface area contributed by atoms with Gasteiger partial charge < -0.3 is 4.90 Å². The first-order chi connectivity index (χ1) is 8.88. The summed E-state index contributed by atoms with van der Waals surface area (Å²) in [6.07, 6.45) is 7.13. The van der Waals surface area contributed by atoms with Crippen LogP contribution >= 0.6 is 11.6 Å². The molecule has 1 aliphatic carbocycles. The fraction of sp³-hybridized carbons (Fsp3) is 0.462. The van der Waals surface area contributed by atoms with Gasteiger partial charge in [0, 0.05) is 30.9 Å². The van der Waals surface area contributed by atoms with Crippen LogP contribution in [0.2, 0.25) is 0 Å². The average Bonchev–Trinajstić information content (AvgIpc) is 2.35. The molecule has 18 heavy (non-hydrogen) atoms. The lowest BCUT2D eigenvalue weighted by atomic mass is 9.91. The first-order valence-corrected chi connectivity index (χ1v) is 6.82. The first kappa shape index (κ1) is 11.7. The second-order valence-electron chi connectivity index (χ2n) is 4.54. The highest BCUT2D eigenvalue weighted by atomic mass is 35.5. The van der Waals surface area contributed by atoms with Crippen molar-refractivity contribution in [2.24, 2.45) is 0 Å². The maximum absolute atomic E-state index is 5.89. The van der Waals surface area contributed by atoms with E-state index in [0.717, 1.165) is 17.9 Å². The number of pyridine rings is 1. The SMILES string of the molecule is ClCCN(c1ccc2nccnc2n1)C1CCC1. The predicted molar refractivity (Wildman–Crippen MR) is 73.0 cm³/mol. The van der Waals surface area contributed by atoms with Gasteiger partial charge in [-0.1, -0.05) is 0 Å². The molecule has 5 heteroatoms. The molecule has 0 aromatic carbocycles. The molecule has 0 unspecified atom stereocenters. The fourth-order valence-corrected chi connectivity index (χ4v) is 2.46. The van der Waals surface area contributed by atoms with Gasteiger partial charge in [0.2, 0.25) is 0 Å². The number of hydrogen-bond donors (Lipinski definition) is 0. The van der Waals surface area contributed by atoms with Gasteiger partial charge in [-0.15, -0.1) is 11.6 Å². The zero-order valence-corrected chi connectivity index (χ0v) is 10.8. The van der Waals surface area contributed by atoms with Crippen molar-refractivity contribution in [3.8, 4) is 0 Å². The summed E-state index contributed by atoms with van der Waals surface area (Å²) in [6, 6.07) is 4.58. The number of halogens is 1. The summed E-state index contributed by atoms with van der Waals surface area (Å²) in [7, 11) is 0. The third kappa shape index (κ3) is 2.12. The van der Waals surface area contributed by atoms with Gasteiger partial charge in [0.1, 0.15) is 11.3 Å². The van der Waals surface area contributed by atoms with E-state index in [1.807, 2.05) is 12.1 Å². The molecule has 0 N–H and O–H groups in total. The summed E-state index contributed by atoms with van der Waals surface area (Å²) in [5, 5.41) is 0. The van der Waals surface area contributed by atoms with E-state index < -0.39 is 0 Å². The number of fused-ring (bicyclic) bond motifs is 1. The van der Waals surface area contributed by atoms with E-state index in [9.17, 15) is 0 Å². The van der Waals surface area contributed by atoms with Crippen molar-refractivity contribution >= 4 is 28.6 Å². The highest BCUT2D eigenvalue weighted by Gasteiger charge is 2.25. The Balaban J connectivity index is 1.95. The summed E-state index contributed by atoms with van der Waals surface area (Å²) < 4.78 is 0. The van der Waals surface area contributed by atoms with Gasteiger partial charge in [0.25, 0.3) is 0 Å². The Morgan fingerprint density at radius 1 is 1.22 bits per heavy atom. The van der Waals surface area contributed by atoms with Gasteiger partial charge in [-0.05, 0) is 31.4 Å². The van der Waals surface area contributed by atoms with Crippen LogP contribution in [0.3, 0.4) is 0 Å². The van der Waals surface area contributed by atoms with E-state index in [-0.39, 0.29) is 0 Å². The van der Waals surface area contributed by atoms with E-state index in [4.69, 9.17) is 11.6 Å². The largest absolute Gasteiger partial charge is 0.352 e. The normalized spacial score (nSPS) is 15.6. The lowest BCUT2D eigenvalue weighted by Gasteiger charge is -2.38. The molecule has 1 aliphatic rings. The van der Waals surface area contributed by atoms with Crippen molar-refractivity contribution in [1.29, 1.82) is 0 Å². The second-order valence-corrected chi connectivity index (χ2v) is 4.91. The Labute approximate surface area is 111 Å². The van der Waals surface area contributed by atoms with Crippen LogP contribution in [0.5, 0.6) is 0 Å². The summed E-state index contributed by atoms with van der Waals surface area (Å²) in [6.45, 7) is 0.838. The molecule has 0 atom stereocenters. The molecule has 0 bridgehead atoms. The summed E-state index contributed by atoms with van der Waals surface area (Å²) >= 11 is 5.89. The maximum atomic E-state index is 5.89. The molecule has 94 valence electrons. The average molecular weight is 263 g/mol. The molecule has 0 radical (unpaired) electrons. The van der Waals surface area contributed by atoms with Crippen molar-refractivity contribution in [1.82, 2.24) is 15.0 Å². The molecule has 0 spiro atoms. The van der Waals surface area contributed by atoms with Crippen LogP contribution in [-0.2, 0) is 0 Å². The Hall–Kier alpha value is -1.42. The van der Waals surface area contributed by atoms with Crippen molar-refractivity contribution in [2.75, 3.05) is 17.3 Å². The lowest BCUT2D eigenvalue weighted by molar-refractivity contribution is 0.389.